The summed E-state index contributed by atoms with van der Waals surface area (Å²) in [5.41, 5.74) is 0.0806. The van der Waals surface area contributed by atoms with E-state index in [-0.39, 0.29) is 19.1 Å². The van der Waals surface area contributed by atoms with Gasteiger partial charge in [0, 0.05) is 18.7 Å². The fourth-order valence-corrected chi connectivity index (χ4v) is 2.00. The maximum absolute atomic E-state index is 13.4. The highest BCUT2D eigenvalue weighted by atomic mass is 19.1. The van der Waals surface area contributed by atoms with E-state index in [9.17, 15) is 18.4 Å². The molecule has 0 aliphatic heterocycles. The van der Waals surface area contributed by atoms with Crippen molar-refractivity contribution in [1.82, 2.24) is 5.32 Å². The van der Waals surface area contributed by atoms with Gasteiger partial charge in [0.2, 0.25) is 5.91 Å². The van der Waals surface area contributed by atoms with Crippen LogP contribution in [0.2, 0.25) is 0 Å². The maximum atomic E-state index is 13.4. The van der Waals surface area contributed by atoms with Crippen LogP contribution in [0, 0.1) is 23.5 Å². The van der Waals surface area contributed by atoms with E-state index in [4.69, 9.17) is 4.74 Å². The van der Waals surface area contributed by atoms with Crippen molar-refractivity contribution in [2.75, 3.05) is 23.8 Å². The third-order valence-electron chi connectivity index (χ3n) is 3.13. The number of carbonyl (C=O) groups excluding carboxylic acids is 2. The van der Waals surface area contributed by atoms with E-state index in [1.807, 2.05) is 0 Å². The molecule has 6 nitrogen and oxygen atoms in total. The number of rotatable bonds is 5. The molecule has 0 fully saturated rings. The number of anilines is 2. The molecule has 0 aliphatic carbocycles. The normalized spacial score (nSPS) is 9.59. The van der Waals surface area contributed by atoms with Crippen LogP contribution in [0.3, 0.4) is 0 Å². The number of benzene rings is 2. The molecule has 3 N–H and O–H groups in total. The van der Waals surface area contributed by atoms with E-state index in [2.05, 4.69) is 27.8 Å². The largest absolute Gasteiger partial charge is 0.481 e. The summed E-state index contributed by atoms with van der Waals surface area (Å²) in [6.45, 7) is 1.44. The highest BCUT2D eigenvalue weighted by Crippen LogP contribution is 2.18. The van der Waals surface area contributed by atoms with E-state index >= 15 is 0 Å². The number of hydrogen-bond acceptors (Lipinski definition) is 3. The third-order valence-corrected chi connectivity index (χ3v) is 3.13. The molecule has 8 heteroatoms. The molecule has 140 valence electrons. The van der Waals surface area contributed by atoms with Gasteiger partial charge in [-0.25, -0.2) is 13.6 Å². The summed E-state index contributed by atoms with van der Waals surface area (Å²) in [5.74, 6) is 3.93. The average Bonchev–Trinajstić information content (AvgIpc) is 2.61. The van der Waals surface area contributed by atoms with Crippen LogP contribution in [-0.4, -0.2) is 25.1 Å². The SMILES string of the molecule is CC(=O)Nc1cccc(OCC#CCNC(=O)Nc2c(F)cccc2F)c1. The predicted octanol–water partition coefficient (Wildman–Crippen LogP) is 3.13. The molecule has 0 aliphatic rings. The minimum absolute atomic E-state index is 0.0306. The second kappa shape index (κ2) is 9.77. The second-order valence-corrected chi connectivity index (χ2v) is 5.26. The zero-order valence-corrected chi connectivity index (χ0v) is 14.4. The lowest BCUT2D eigenvalue weighted by molar-refractivity contribution is -0.114. The summed E-state index contributed by atoms with van der Waals surface area (Å²) in [6.07, 6.45) is 0. The van der Waals surface area contributed by atoms with Gasteiger partial charge >= 0.3 is 6.03 Å². The van der Waals surface area contributed by atoms with Gasteiger partial charge in [0.15, 0.2) is 0 Å². The van der Waals surface area contributed by atoms with Gasteiger partial charge in [0.25, 0.3) is 0 Å². The summed E-state index contributed by atoms with van der Waals surface area (Å²) in [7, 11) is 0. The summed E-state index contributed by atoms with van der Waals surface area (Å²) in [6, 6.07) is 9.30. The number of nitrogens with one attached hydrogen (secondary N) is 3. The lowest BCUT2D eigenvalue weighted by Crippen LogP contribution is -2.29. The topological polar surface area (TPSA) is 79.5 Å². The molecular weight excluding hydrogens is 356 g/mol. The Hall–Kier alpha value is -3.60. The smallest absolute Gasteiger partial charge is 0.320 e. The number of para-hydroxylation sites is 1. The zero-order chi connectivity index (χ0) is 19.6. The van der Waals surface area contributed by atoms with Crippen LogP contribution >= 0.6 is 0 Å². The Bertz CT molecular complexity index is 871. The first kappa shape index (κ1) is 19.7. The van der Waals surface area contributed by atoms with Gasteiger partial charge in [-0.3, -0.25) is 4.79 Å². The van der Waals surface area contributed by atoms with Crippen LogP contribution < -0.4 is 20.7 Å². The summed E-state index contributed by atoms with van der Waals surface area (Å²) < 4.78 is 32.2. The highest BCUT2D eigenvalue weighted by molar-refractivity contribution is 5.89. The molecule has 2 aromatic carbocycles. The van der Waals surface area contributed by atoms with Crippen molar-refractivity contribution in [1.29, 1.82) is 0 Å². The second-order valence-electron chi connectivity index (χ2n) is 5.26. The lowest BCUT2D eigenvalue weighted by Gasteiger charge is -2.07. The maximum Gasteiger partial charge on any atom is 0.320 e. The van der Waals surface area contributed by atoms with Crippen LogP contribution in [0.4, 0.5) is 25.0 Å². The van der Waals surface area contributed by atoms with Crippen LogP contribution in [-0.2, 0) is 4.79 Å². The molecule has 2 rings (SSSR count). The number of amides is 3. The summed E-state index contributed by atoms with van der Waals surface area (Å²) in [5, 5.41) is 7.07. The Balaban J connectivity index is 1.75. The van der Waals surface area contributed by atoms with E-state index in [1.54, 1.807) is 24.3 Å². The van der Waals surface area contributed by atoms with Crippen molar-refractivity contribution in [2.45, 2.75) is 6.92 Å². The van der Waals surface area contributed by atoms with Gasteiger partial charge in [-0.05, 0) is 24.3 Å². The fraction of sp³-hybridized carbons (Fsp3) is 0.158. The first-order valence-electron chi connectivity index (χ1n) is 7.91. The molecule has 0 spiro atoms. The van der Waals surface area contributed by atoms with E-state index in [0.717, 1.165) is 12.1 Å². The predicted molar refractivity (Wildman–Crippen MR) is 97.4 cm³/mol. The van der Waals surface area contributed by atoms with Crippen molar-refractivity contribution in [3.8, 4) is 17.6 Å². The van der Waals surface area contributed by atoms with Gasteiger partial charge in [0.05, 0.1) is 6.54 Å². The molecule has 2 aromatic rings. The molecule has 0 bridgehead atoms. The Kier molecular flexibility index (Phi) is 7.14. The van der Waals surface area contributed by atoms with Crippen molar-refractivity contribution in [3.63, 3.8) is 0 Å². The quantitative estimate of drug-likeness (QED) is 0.705. The number of halogens is 2. The van der Waals surface area contributed by atoms with E-state index < -0.39 is 23.4 Å². The zero-order valence-electron chi connectivity index (χ0n) is 14.4. The minimum atomic E-state index is -0.869. The van der Waals surface area contributed by atoms with E-state index in [0.29, 0.717) is 11.4 Å². The highest BCUT2D eigenvalue weighted by Gasteiger charge is 2.10. The molecule has 0 heterocycles. The van der Waals surface area contributed by atoms with Gasteiger partial charge in [-0.15, -0.1) is 0 Å². The van der Waals surface area contributed by atoms with E-state index in [1.165, 1.54) is 13.0 Å². The number of ether oxygens (including phenoxy) is 1. The van der Waals surface area contributed by atoms with Gasteiger partial charge < -0.3 is 20.7 Å². The van der Waals surface area contributed by atoms with Crippen molar-refractivity contribution >= 4 is 23.3 Å². The molecule has 0 atom stereocenters. The third kappa shape index (κ3) is 6.66. The molecule has 0 unspecified atom stereocenters. The first-order chi connectivity index (χ1) is 13.0. The van der Waals surface area contributed by atoms with Crippen LogP contribution in [0.1, 0.15) is 6.92 Å². The van der Waals surface area contributed by atoms with Crippen molar-refractivity contribution < 1.29 is 23.1 Å². The van der Waals surface area contributed by atoms with Crippen LogP contribution in [0.5, 0.6) is 5.75 Å². The fourth-order valence-electron chi connectivity index (χ4n) is 2.00. The molecule has 0 aromatic heterocycles. The number of urea groups is 1. The summed E-state index contributed by atoms with van der Waals surface area (Å²) >= 11 is 0. The van der Waals surface area contributed by atoms with Crippen LogP contribution in [0.25, 0.3) is 0 Å². The molecular formula is C19H17F2N3O3. The Morgan fingerprint density at radius 2 is 1.74 bits per heavy atom. The number of hydrogen-bond donors (Lipinski definition) is 3. The Morgan fingerprint density at radius 3 is 2.44 bits per heavy atom. The summed E-state index contributed by atoms with van der Waals surface area (Å²) in [4.78, 5) is 22.6. The monoisotopic (exact) mass is 373 g/mol. The van der Waals surface area contributed by atoms with Gasteiger partial charge in [-0.2, -0.15) is 0 Å². The molecule has 27 heavy (non-hydrogen) atoms. The van der Waals surface area contributed by atoms with Gasteiger partial charge in [-0.1, -0.05) is 24.0 Å². The first-order valence-corrected chi connectivity index (χ1v) is 7.91. The minimum Gasteiger partial charge on any atom is -0.481 e. The van der Waals surface area contributed by atoms with Gasteiger partial charge in [0.1, 0.15) is 29.7 Å². The lowest BCUT2D eigenvalue weighted by atomic mass is 10.3. The van der Waals surface area contributed by atoms with Crippen LogP contribution in [0.15, 0.2) is 42.5 Å². The molecule has 0 saturated carbocycles. The van der Waals surface area contributed by atoms with Crippen molar-refractivity contribution in [2.24, 2.45) is 0 Å². The molecule has 0 saturated heterocycles. The molecule has 3 amide bonds. The molecule has 0 radical (unpaired) electrons. The van der Waals surface area contributed by atoms with Crippen molar-refractivity contribution in [3.05, 3.63) is 54.1 Å². The average molecular weight is 373 g/mol. The Labute approximate surface area is 154 Å². The Morgan fingerprint density at radius 1 is 1.04 bits per heavy atom. The number of carbonyl (C=O) groups is 2. The standard InChI is InChI=1S/C19H17F2N3O3/c1-13(25)23-14-6-4-7-15(12-14)27-11-3-2-10-22-19(26)24-18-16(20)8-5-9-17(18)21/h4-9,12H,10-11H2,1H3,(H,23,25)(H2,22,24,26).